The monoisotopic (exact) mass is 333 g/mol. The summed E-state index contributed by atoms with van der Waals surface area (Å²) < 4.78 is 42.2. The van der Waals surface area contributed by atoms with Crippen LogP contribution in [0.3, 0.4) is 0 Å². The Morgan fingerprint density at radius 1 is 1.50 bits per heavy atom. The number of alkyl halides is 3. The highest BCUT2D eigenvalue weighted by Crippen LogP contribution is 2.29. The van der Waals surface area contributed by atoms with E-state index in [4.69, 9.17) is 4.52 Å². The molecule has 120 valence electrons. The summed E-state index contributed by atoms with van der Waals surface area (Å²) in [5.74, 6) is 0.520. The first-order valence-electron chi connectivity index (χ1n) is 6.23. The Morgan fingerprint density at radius 2 is 2.27 bits per heavy atom. The molecule has 2 rings (SSSR count). The molecule has 22 heavy (non-hydrogen) atoms. The second-order valence-corrected chi connectivity index (χ2v) is 5.31. The summed E-state index contributed by atoms with van der Waals surface area (Å²) >= 11 is 0.951. The smallest absolute Gasteiger partial charge is 0.364 e. The van der Waals surface area contributed by atoms with E-state index in [2.05, 4.69) is 20.4 Å². The predicted molar refractivity (Wildman–Crippen MR) is 75.3 cm³/mol. The Kier molecular flexibility index (Phi) is 5.01. The zero-order chi connectivity index (χ0) is 16.2. The number of rotatable bonds is 4. The van der Waals surface area contributed by atoms with Gasteiger partial charge >= 0.3 is 6.18 Å². The van der Waals surface area contributed by atoms with Crippen LogP contribution in [0.4, 0.5) is 13.2 Å². The Morgan fingerprint density at radius 3 is 2.82 bits per heavy atom. The van der Waals surface area contributed by atoms with Crippen molar-refractivity contribution in [2.75, 3.05) is 14.1 Å². The van der Waals surface area contributed by atoms with Crippen molar-refractivity contribution in [2.45, 2.75) is 19.3 Å². The van der Waals surface area contributed by atoms with E-state index in [-0.39, 0.29) is 6.54 Å². The topological polar surface area (TPSA) is 66.6 Å². The predicted octanol–water partition coefficient (Wildman–Crippen LogP) is 2.36. The van der Waals surface area contributed by atoms with Crippen LogP contribution in [0, 0.1) is 0 Å². The van der Waals surface area contributed by atoms with Crippen LogP contribution in [0.5, 0.6) is 0 Å². The van der Waals surface area contributed by atoms with Crippen LogP contribution in [0.1, 0.15) is 16.4 Å². The van der Waals surface area contributed by atoms with Gasteiger partial charge in [0.15, 0.2) is 11.7 Å². The van der Waals surface area contributed by atoms with E-state index in [1.807, 2.05) is 0 Å². The number of guanidine groups is 1. The Hall–Kier alpha value is -2.10. The van der Waals surface area contributed by atoms with Crippen LogP contribution in [0.15, 0.2) is 27.2 Å². The third-order valence-electron chi connectivity index (χ3n) is 2.70. The van der Waals surface area contributed by atoms with Crippen molar-refractivity contribution in [2.24, 2.45) is 4.99 Å². The van der Waals surface area contributed by atoms with E-state index in [0.29, 0.717) is 17.5 Å². The zero-order valence-corrected chi connectivity index (χ0v) is 12.7. The summed E-state index contributed by atoms with van der Waals surface area (Å²) in [6.45, 7) is 0.623. The molecule has 0 saturated carbocycles. The van der Waals surface area contributed by atoms with Crippen LogP contribution in [0.25, 0.3) is 0 Å². The standard InChI is InChI=1S/C12H14F3N5OS/c1-16-11(20(2)6-8-3-4-21-19-8)17-5-10-18-9(7-22-10)12(13,14)15/h3-4,7H,5-6H2,1-2H3,(H,16,17). The Labute approximate surface area is 128 Å². The van der Waals surface area contributed by atoms with Gasteiger partial charge < -0.3 is 14.7 Å². The molecule has 0 aromatic carbocycles. The highest BCUT2D eigenvalue weighted by atomic mass is 32.1. The third kappa shape index (κ3) is 4.20. The molecule has 0 fully saturated rings. The highest BCUT2D eigenvalue weighted by Gasteiger charge is 2.33. The Balaban J connectivity index is 1.92. The van der Waals surface area contributed by atoms with Gasteiger partial charge in [-0.05, 0) is 0 Å². The molecule has 2 aromatic rings. The number of hydrogen-bond acceptors (Lipinski definition) is 5. The van der Waals surface area contributed by atoms with Gasteiger partial charge in [-0.25, -0.2) is 4.98 Å². The van der Waals surface area contributed by atoms with Gasteiger partial charge in [0.2, 0.25) is 0 Å². The molecule has 0 radical (unpaired) electrons. The lowest BCUT2D eigenvalue weighted by Crippen LogP contribution is -2.38. The number of aromatic nitrogens is 2. The van der Waals surface area contributed by atoms with E-state index < -0.39 is 11.9 Å². The molecule has 2 aromatic heterocycles. The number of thiazole rings is 1. The molecule has 0 aliphatic carbocycles. The SMILES string of the molecule is CN=C(NCc1nc(C(F)(F)F)cs1)N(C)Cc1ccon1. The van der Waals surface area contributed by atoms with E-state index in [1.165, 1.54) is 6.26 Å². The summed E-state index contributed by atoms with van der Waals surface area (Å²) in [6.07, 6.45) is -2.95. The van der Waals surface area contributed by atoms with Gasteiger partial charge in [-0.2, -0.15) is 13.2 Å². The molecule has 10 heteroatoms. The first-order valence-corrected chi connectivity index (χ1v) is 7.10. The molecular formula is C12H14F3N5OS. The third-order valence-corrected chi connectivity index (χ3v) is 3.55. The van der Waals surface area contributed by atoms with E-state index in [1.54, 1.807) is 25.1 Å². The van der Waals surface area contributed by atoms with Gasteiger partial charge in [-0.3, -0.25) is 4.99 Å². The quantitative estimate of drug-likeness (QED) is 0.687. The molecule has 0 spiro atoms. The van der Waals surface area contributed by atoms with Crippen molar-refractivity contribution >= 4 is 17.3 Å². The molecule has 1 N–H and O–H groups in total. The van der Waals surface area contributed by atoms with Gasteiger partial charge in [-0.15, -0.1) is 11.3 Å². The second-order valence-electron chi connectivity index (χ2n) is 4.37. The number of hydrogen-bond donors (Lipinski definition) is 1. The first kappa shape index (κ1) is 16.3. The molecule has 0 saturated heterocycles. The van der Waals surface area contributed by atoms with E-state index in [0.717, 1.165) is 22.4 Å². The number of aliphatic imine (C=N–C) groups is 1. The zero-order valence-electron chi connectivity index (χ0n) is 11.9. The van der Waals surface area contributed by atoms with Gasteiger partial charge in [0.25, 0.3) is 0 Å². The summed E-state index contributed by atoms with van der Waals surface area (Å²) in [5, 5.41) is 8.08. The van der Waals surface area contributed by atoms with E-state index >= 15 is 0 Å². The summed E-state index contributed by atoms with van der Waals surface area (Å²) in [7, 11) is 3.37. The number of nitrogens with zero attached hydrogens (tertiary/aromatic N) is 4. The first-order chi connectivity index (χ1) is 10.4. The maximum Gasteiger partial charge on any atom is 0.434 e. The molecule has 0 atom stereocenters. The maximum atomic E-state index is 12.5. The number of nitrogens with one attached hydrogen (secondary N) is 1. The lowest BCUT2D eigenvalue weighted by atomic mass is 10.4. The molecule has 0 aliphatic heterocycles. The minimum Gasteiger partial charge on any atom is -0.364 e. The normalized spacial score (nSPS) is 12.5. The summed E-state index contributed by atoms with van der Waals surface area (Å²) in [4.78, 5) is 9.39. The fourth-order valence-corrected chi connectivity index (χ4v) is 2.44. The van der Waals surface area contributed by atoms with Crippen molar-refractivity contribution in [3.8, 4) is 0 Å². The van der Waals surface area contributed by atoms with Crippen molar-refractivity contribution in [1.82, 2.24) is 20.4 Å². The largest absolute Gasteiger partial charge is 0.434 e. The van der Waals surface area contributed by atoms with Crippen LogP contribution in [0.2, 0.25) is 0 Å². The van der Waals surface area contributed by atoms with Crippen molar-refractivity contribution < 1.29 is 17.7 Å². The molecule has 0 amide bonds. The average molecular weight is 333 g/mol. The van der Waals surface area contributed by atoms with Gasteiger partial charge in [-0.1, -0.05) is 5.16 Å². The summed E-state index contributed by atoms with van der Waals surface area (Å²) in [5.41, 5.74) is -0.153. The maximum absolute atomic E-state index is 12.5. The fourth-order valence-electron chi connectivity index (χ4n) is 1.70. The van der Waals surface area contributed by atoms with Crippen LogP contribution in [-0.4, -0.2) is 35.1 Å². The van der Waals surface area contributed by atoms with Gasteiger partial charge in [0.1, 0.15) is 17.0 Å². The van der Waals surface area contributed by atoms with Gasteiger partial charge in [0.05, 0.1) is 13.1 Å². The molecular weight excluding hydrogens is 319 g/mol. The van der Waals surface area contributed by atoms with Crippen LogP contribution in [-0.2, 0) is 19.3 Å². The van der Waals surface area contributed by atoms with Gasteiger partial charge in [0, 0.05) is 25.5 Å². The minimum atomic E-state index is -4.42. The number of halogens is 3. The summed E-state index contributed by atoms with van der Waals surface area (Å²) in [6, 6.07) is 1.72. The molecule has 6 nitrogen and oxygen atoms in total. The van der Waals surface area contributed by atoms with Crippen molar-refractivity contribution in [3.05, 3.63) is 34.1 Å². The average Bonchev–Trinajstić information content (AvgIpc) is 3.09. The minimum absolute atomic E-state index is 0.163. The molecule has 0 unspecified atom stereocenters. The Bertz CT molecular complexity index is 623. The lowest BCUT2D eigenvalue weighted by molar-refractivity contribution is -0.140. The van der Waals surface area contributed by atoms with E-state index in [9.17, 15) is 13.2 Å². The van der Waals surface area contributed by atoms with Crippen molar-refractivity contribution in [1.29, 1.82) is 0 Å². The fraction of sp³-hybridized carbons (Fsp3) is 0.417. The van der Waals surface area contributed by atoms with Crippen molar-refractivity contribution in [3.63, 3.8) is 0 Å². The van der Waals surface area contributed by atoms with Crippen LogP contribution < -0.4 is 5.32 Å². The lowest BCUT2D eigenvalue weighted by Gasteiger charge is -2.20. The molecule has 2 heterocycles. The molecule has 0 aliphatic rings. The second kappa shape index (κ2) is 6.77. The molecule has 0 bridgehead atoms. The van der Waals surface area contributed by atoms with Crippen LogP contribution >= 0.6 is 11.3 Å². The highest BCUT2D eigenvalue weighted by molar-refractivity contribution is 7.09.